The van der Waals surface area contributed by atoms with E-state index in [0.717, 1.165) is 25.2 Å². The zero-order chi connectivity index (χ0) is 12.3. The molecular formula is C14H21FN2. The molecule has 1 fully saturated rings. The van der Waals surface area contributed by atoms with Crippen LogP contribution in [0.25, 0.3) is 0 Å². The van der Waals surface area contributed by atoms with Crippen molar-refractivity contribution < 1.29 is 4.39 Å². The summed E-state index contributed by atoms with van der Waals surface area (Å²) in [4.78, 5) is 2.35. The van der Waals surface area contributed by atoms with Crippen LogP contribution in [0.2, 0.25) is 0 Å². The van der Waals surface area contributed by atoms with Crippen molar-refractivity contribution in [2.24, 2.45) is 11.7 Å². The molecule has 17 heavy (non-hydrogen) atoms. The molecule has 0 amide bonds. The molecule has 1 aliphatic rings. The first-order valence-corrected chi connectivity index (χ1v) is 6.41. The van der Waals surface area contributed by atoms with Gasteiger partial charge in [-0.05, 0) is 44.8 Å². The molecule has 3 heteroatoms. The summed E-state index contributed by atoms with van der Waals surface area (Å²) in [5, 5.41) is 0. The van der Waals surface area contributed by atoms with E-state index in [0.29, 0.717) is 5.92 Å². The minimum Gasteiger partial charge on any atom is -0.330 e. The number of hydrogen-bond donors (Lipinski definition) is 1. The average molecular weight is 236 g/mol. The molecule has 0 bridgehead atoms. The molecule has 0 aromatic heterocycles. The van der Waals surface area contributed by atoms with E-state index >= 15 is 0 Å². The Bertz CT molecular complexity index is 367. The van der Waals surface area contributed by atoms with Crippen molar-refractivity contribution in [3.8, 4) is 0 Å². The highest BCUT2D eigenvalue weighted by Crippen LogP contribution is 2.27. The van der Waals surface area contributed by atoms with Gasteiger partial charge in [-0.15, -0.1) is 0 Å². The van der Waals surface area contributed by atoms with E-state index < -0.39 is 0 Å². The van der Waals surface area contributed by atoms with Crippen molar-refractivity contribution in [3.63, 3.8) is 0 Å². The monoisotopic (exact) mass is 236 g/mol. The second-order valence-corrected chi connectivity index (χ2v) is 4.94. The Morgan fingerprint density at radius 1 is 1.47 bits per heavy atom. The van der Waals surface area contributed by atoms with Crippen LogP contribution in [0.4, 0.5) is 4.39 Å². The van der Waals surface area contributed by atoms with Crippen LogP contribution in [0.3, 0.4) is 0 Å². The molecule has 2 atom stereocenters. The average Bonchev–Trinajstić information content (AvgIpc) is 2.38. The van der Waals surface area contributed by atoms with Crippen LogP contribution >= 0.6 is 0 Å². The summed E-state index contributed by atoms with van der Waals surface area (Å²) in [6.45, 7) is 4.86. The first-order chi connectivity index (χ1) is 8.22. The molecule has 1 aliphatic heterocycles. The van der Waals surface area contributed by atoms with Gasteiger partial charge in [0.05, 0.1) is 0 Å². The molecule has 0 radical (unpaired) electrons. The number of nitrogens with two attached hydrogens (primary N) is 1. The van der Waals surface area contributed by atoms with Crippen molar-refractivity contribution in [2.45, 2.75) is 25.8 Å². The molecule has 94 valence electrons. The van der Waals surface area contributed by atoms with Gasteiger partial charge in [0, 0.05) is 18.2 Å². The SMILES string of the molecule is CC(c1ccccc1F)N1CCCC(CN)C1. The van der Waals surface area contributed by atoms with Crippen LogP contribution in [0, 0.1) is 11.7 Å². The molecule has 1 heterocycles. The lowest BCUT2D eigenvalue weighted by atomic mass is 9.95. The van der Waals surface area contributed by atoms with Crippen LogP contribution in [-0.4, -0.2) is 24.5 Å². The Morgan fingerprint density at radius 3 is 2.94 bits per heavy atom. The second kappa shape index (κ2) is 5.61. The van der Waals surface area contributed by atoms with Crippen molar-refractivity contribution in [1.29, 1.82) is 0 Å². The van der Waals surface area contributed by atoms with E-state index in [4.69, 9.17) is 5.73 Å². The smallest absolute Gasteiger partial charge is 0.127 e. The van der Waals surface area contributed by atoms with Crippen molar-refractivity contribution in [3.05, 3.63) is 35.6 Å². The first kappa shape index (κ1) is 12.5. The molecule has 2 nitrogen and oxygen atoms in total. The highest BCUT2D eigenvalue weighted by atomic mass is 19.1. The van der Waals surface area contributed by atoms with Gasteiger partial charge in [0.1, 0.15) is 5.82 Å². The predicted octanol–water partition coefficient (Wildman–Crippen LogP) is 2.56. The minimum atomic E-state index is -0.102. The van der Waals surface area contributed by atoms with Crippen molar-refractivity contribution in [2.75, 3.05) is 19.6 Å². The quantitative estimate of drug-likeness (QED) is 0.874. The largest absolute Gasteiger partial charge is 0.330 e. The standard InChI is InChI=1S/C14H21FN2/c1-11(13-6-2-3-7-14(13)15)17-8-4-5-12(9-16)10-17/h2-3,6-7,11-12H,4-5,8-10,16H2,1H3. The molecule has 1 aromatic carbocycles. The third-order valence-corrected chi connectivity index (χ3v) is 3.79. The number of nitrogens with zero attached hydrogens (tertiary/aromatic N) is 1. The zero-order valence-corrected chi connectivity index (χ0v) is 10.4. The fourth-order valence-electron chi connectivity index (χ4n) is 2.65. The highest BCUT2D eigenvalue weighted by molar-refractivity contribution is 5.20. The van der Waals surface area contributed by atoms with Gasteiger partial charge in [0.2, 0.25) is 0 Å². The number of hydrogen-bond acceptors (Lipinski definition) is 2. The fraction of sp³-hybridized carbons (Fsp3) is 0.571. The third kappa shape index (κ3) is 2.85. The van der Waals surface area contributed by atoms with Gasteiger partial charge in [-0.2, -0.15) is 0 Å². The lowest BCUT2D eigenvalue weighted by Crippen LogP contribution is -2.39. The molecule has 2 rings (SSSR count). The number of likely N-dealkylation sites (tertiary alicyclic amines) is 1. The molecule has 0 spiro atoms. The van der Waals surface area contributed by atoms with Gasteiger partial charge in [0.15, 0.2) is 0 Å². The lowest BCUT2D eigenvalue weighted by Gasteiger charge is -2.36. The Morgan fingerprint density at radius 2 is 2.24 bits per heavy atom. The zero-order valence-electron chi connectivity index (χ0n) is 10.4. The topological polar surface area (TPSA) is 29.3 Å². The maximum absolute atomic E-state index is 13.7. The van der Waals surface area contributed by atoms with Crippen LogP contribution in [0.15, 0.2) is 24.3 Å². The maximum Gasteiger partial charge on any atom is 0.127 e. The first-order valence-electron chi connectivity index (χ1n) is 6.41. The summed E-state index contributed by atoms with van der Waals surface area (Å²) >= 11 is 0. The summed E-state index contributed by atoms with van der Waals surface area (Å²) in [6.07, 6.45) is 2.37. The maximum atomic E-state index is 13.7. The number of halogens is 1. The number of benzene rings is 1. The van der Waals surface area contributed by atoms with Crippen molar-refractivity contribution >= 4 is 0 Å². The van der Waals surface area contributed by atoms with Crippen LogP contribution in [-0.2, 0) is 0 Å². The minimum absolute atomic E-state index is 0.102. The van der Waals surface area contributed by atoms with Gasteiger partial charge in [0.25, 0.3) is 0 Å². The summed E-state index contributed by atoms with van der Waals surface area (Å²) in [6, 6.07) is 7.21. The van der Waals surface area contributed by atoms with Gasteiger partial charge in [-0.3, -0.25) is 4.90 Å². The summed E-state index contributed by atoms with van der Waals surface area (Å²) in [7, 11) is 0. The summed E-state index contributed by atoms with van der Waals surface area (Å²) in [5.74, 6) is 0.466. The van der Waals surface area contributed by atoms with Crippen LogP contribution in [0.1, 0.15) is 31.4 Å². The highest BCUT2D eigenvalue weighted by Gasteiger charge is 2.24. The Balaban J connectivity index is 2.09. The molecule has 0 saturated carbocycles. The van der Waals surface area contributed by atoms with E-state index in [1.807, 2.05) is 12.1 Å². The van der Waals surface area contributed by atoms with Gasteiger partial charge in [-0.1, -0.05) is 18.2 Å². The van der Waals surface area contributed by atoms with E-state index in [9.17, 15) is 4.39 Å². The van der Waals surface area contributed by atoms with E-state index in [1.54, 1.807) is 6.07 Å². The number of rotatable bonds is 3. The molecule has 2 unspecified atom stereocenters. The summed E-state index contributed by atoms with van der Waals surface area (Å²) in [5.41, 5.74) is 6.53. The predicted molar refractivity (Wildman–Crippen MR) is 68.2 cm³/mol. The Kier molecular flexibility index (Phi) is 4.13. The number of piperidine rings is 1. The fourth-order valence-corrected chi connectivity index (χ4v) is 2.65. The lowest BCUT2D eigenvalue weighted by molar-refractivity contribution is 0.132. The molecular weight excluding hydrogens is 215 g/mol. The molecule has 1 saturated heterocycles. The molecule has 0 aliphatic carbocycles. The normalized spacial score (nSPS) is 23.6. The Labute approximate surface area is 103 Å². The molecule has 2 N–H and O–H groups in total. The van der Waals surface area contributed by atoms with E-state index in [1.165, 1.54) is 18.9 Å². The van der Waals surface area contributed by atoms with E-state index in [2.05, 4.69) is 11.8 Å². The van der Waals surface area contributed by atoms with Gasteiger partial charge in [-0.25, -0.2) is 4.39 Å². The van der Waals surface area contributed by atoms with Crippen LogP contribution in [0.5, 0.6) is 0 Å². The van der Waals surface area contributed by atoms with Crippen molar-refractivity contribution in [1.82, 2.24) is 4.90 Å². The van der Waals surface area contributed by atoms with Gasteiger partial charge < -0.3 is 5.73 Å². The second-order valence-electron chi connectivity index (χ2n) is 4.94. The molecule has 1 aromatic rings. The Hall–Kier alpha value is -0.930. The summed E-state index contributed by atoms with van der Waals surface area (Å²) < 4.78 is 13.7. The van der Waals surface area contributed by atoms with E-state index in [-0.39, 0.29) is 11.9 Å². The third-order valence-electron chi connectivity index (χ3n) is 3.79. The van der Waals surface area contributed by atoms with Gasteiger partial charge >= 0.3 is 0 Å². The van der Waals surface area contributed by atoms with Crippen LogP contribution < -0.4 is 5.73 Å².